The molecule has 2 aromatic heterocycles. The Balaban J connectivity index is 1.86. The molecule has 1 aliphatic rings. The van der Waals surface area contributed by atoms with E-state index in [1.165, 1.54) is 0 Å². The third-order valence-electron chi connectivity index (χ3n) is 3.40. The lowest BCUT2D eigenvalue weighted by molar-refractivity contribution is 0.0589. The van der Waals surface area contributed by atoms with Crippen LogP contribution in [0.1, 0.15) is 37.1 Å². The number of fused-ring (bicyclic) bond motifs is 1. The number of ether oxygens (including phenoxy) is 1. The molecule has 7 nitrogen and oxygen atoms in total. The molecule has 20 heavy (non-hydrogen) atoms. The molecule has 3 heterocycles. The normalized spacial score (nSPS) is 18.5. The number of aromatic nitrogens is 5. The lowest BCUT2D eigenvalue weighted by Crippen LogP contribution is -2.34. The molecular weight excluding hydrogens is 256 g/mol. The van der Waals surface area contributed by atoms with Gasteiger partial charge in [-0.1, -0.05) is 0 Å². The van der Waals surface area contributed by atoms with E-state index in [0.29, 0.717) is 6.61 Å². The Morgan fingerprint density at radius 3 is 3.00 bits per heavy atom. The highest BCUT2D eigenvalue weighted by Crippen LogP contribution is 2.23. The van der Waals surface area contributed by atoms with Crippen molar-refractivity contribution in [1.82, 2.24) is 29.9 Å². The van der Waals surface area contributed by atoms with Crippen LogP contribution >= 0.6 is 0 Å². The Labute approximate surface area is 117 Å². The van der Waals surface area contributed by atoms with Gasteiger partial charge in [-0.15, -0.1) is 10.2 Å². The fourth-order valence-corrected chi connectivity index (χ4v) is 2.42. The molecule has 3 rings (SSSR count). The summed E-state index contributed by atoms with van der Waals surface area (Å²) in [4.78, 5) is 0. The van der Waals surface area contributed by atoms with Gasteiger partial charge in [0, 0.05) is 31.9 Å². The van der Waals surface area contributed by atoms with Gasteiger partial charge in [-0.05, 0) is 13.8 Å². The zero-order valence-corrected chi connectivity index (χ0v) is 12.1. The van der Waals surface area contributed by atoms with E-state index in [1.807, 2.05) is 33.3 Å². The van der Waals surface area contributed by atoms with E-state index in [0.717, 1.165) is 30.3 Å². The Morgan fingerprint density at radius 1 is 1.45 bits per heavy atom. The second-order valence-electron chi connectivity index (χ2n) is 5.32. The van der Waals surface area contributed by atoms with E-state index in [1.54, 1.807) is 4.68 Å². The van der Waals surface area contributed by atoms with Crippen molar-refractivity contribution < 1.29 is 4.74 Å². The van der Waals surface area contributed by atoms with Crippen molar-refractivity contribution in [1.29, 1.82) is 0 Å². The van der Waals surface area contributed by atoms with E-state index in [2.05, 4.69) is 25.2 Å². The molecule has 0 spiro atoms. The maximum atomic E-state index is 5.64. The van der Waals surface area contributed by atoms with Gasteiger partial charge >= 0.3 is 0 Å². The van der Waals surface area contributed by atoms with E-state index in [-0.39, 0.29) is 12.1 Å². The lowest BCUT2D eigenvalue weighted by atomic mass is 10.1. The third kappa shape index (κ3) is 2.46. The number of aryl methyl sites for hydroxylation is 1. The molecule has 1 unspecified atom stereocenters. The summed E-state index contributed by atoms with van der Waals surface area (Å²) in [5.41, 5.74) is 1.11. The summed E-state index contributed by atoms with van der Waals surface area (Å²) >= 11 is 0. The van der Waals surface area contributed by atoms with E-state index < -0.39 is 0 Å². The molecule has 7 heteroatoms. The molecule has 0 fully saturated rings. The van der Waals surface area contributed by atoms with Crippen LogP contribution in [0.15, 0.2) is 12.4 Å². The van der Waals surface area contributed by atoms with Crippen LogP contribution in [0.25, 0.3) is 0 Å². The summed E-state index contributed by atoms with van der Waals surface area (Å²) in [6.07, 6.45) is 4.07. The predicted octanol–water partition coefficient (Wildman–Crippen LogP) is 0.629. The number of nitrogens with one attached hydrogen (secondary N) is 1. The van der Waals surface area contributed by atoms with Crippen LogP contribution in [0.2, 0.25) is 0 Å². The van der Waals surface area contributed by atoms with Crippen LogP contribution in [0.5, 0.6) is 0 Å². The standard InChI is InChI=1S/C13H20N6O/c1-9(2)20-8-11-16-17-13-12(14-4-5-19(11)13)10-6-15-18(3)7-10/h6-7,9,12,14H,4-5,8H2,1-3H3. The Hall–Kier alpha value is -1.73. The van der Waals surface area contributed by atoms with Crippen molar-refractivity contribution in [2.24, 2.45) is 7.05 Å². The van der Waals surface area contributed by atoms with Gasteiger partial charge in [-0.25, -0.2) is 0 Å². The highest BCUT2D eigenvalue weighted by atomic mass is 16.5. The Morgan fingerprint density at radius 2 is 2.30 bits per heavy atom. The van der Waals surface area contributed by atoms with Crippen molar-refractivity contribution in [2.75, 3.05) is 6.54 Å². The second-order valence-corrected chi connectivity index (χ2v) is 5.32. The van der Waals surface area contributed by atoms with Gasteiger partial charge in [0.1, 0.15) is 6.61 Å². The van der Waals surface area contributed by atoms with Gasteiger partial charge in [-0.2, -0.15) is 5.10 Å². The summed E-state index contributed by atoms with van der Waals surface area (Å²) in [6, 6.07) is 0.0535. The first-order valence-electron chi connectivity index (χ1n) is 6.90. The minimum atomic E-state index is 0.0535. The number of hydrogen-bond acceptors (Lipinski definition) is 5. The van der Waals surface area contributed by atoms with Crippen LogP contribution < -0.4 is 5.32 Å². The molecular formula is C13H20N6O. The highest BCUT2D eigenvalue weighted by Gasteiger charge is 2.27. The van der Waals surface area contributed by atoms with Crippen LogP contribution in [-0.4, -0.2) is 37.2 Å². The molecule has 0 saturated heterocycles. The van der Waals surface area contributed by atoms with Crippen molar-refractivity contribution in [3.8, 4) is 0 Å². The van der Waals surface area contributed by atoms with Crippen LogP contribution in [0.4, 0.5) is 0 Å². The van der Waals surface area contributed by atoms with Crippen molar-refractivity contribution in [3.63, 3.8) is 0 Å². The van der Waals surface area contributed by atoms with E-state index in [9.17, 15) is 0 Å². The van der Waals surface area contributed by atoms with Gasteiger partial charge in [-0.3, -0.25) is 4.68 Å². The van der Waals surface area contributed by atoms with Crippen LogP contribution in [0, 0.1) is 0 Å². The van der Waals surface area contributed by atoms with Crippen molar-refractivity contribution in [3.05, 3.63) is 29.6 Å². The van der Waals surface area contributed by atoms with Gasteiger partial charge < -0.3 is 14.6 Å². The molecule has 0 aliphatic carbocycles. The first-order chi connectivity index (χ1) is 9.65. The minimum absolute atomic E-state index is 0.0535. The summed E-state index contributed by atoms with van der Waals surface area (Å²) < 4.78 is 9.59. The summed E-state index contributed by atoms with van der Waals surface area (Å²) in [5, 5.41) is 16.3. The molecule has 0 bridgehead atoms. The van der Waals surface area contributed by atoms with E-state index >= 15 is 0 Å². The van der Waals surface area contributed by atoms with Gasteiger partial charge in [0.2, 0.25) is 0 Å². The molecule has 0 aromatic carbocycles. The highest BCUT2D eigenvalue weighted by molar-refractivity contribution is 5.21. The van der Waals surface area contributed by atoms with Crippen molar-refractivity contribution in [2.45, 2.75) is 39.1 Å². The predicted molar refractivity (Wildman–Crippen MR) is 73.0 cm³/mol. The fourth-order valence-electron chi connectivity index (χ4n) is 2.42. The quantitative estimate of drug-likeness (QED) is 0.887. The fraction of sp³-hybridized carbons (Fsp3) is 0.615. The monoisotopic (exact) mass is 276 g/mol. The number of rotatable bonds is 4. The maximum absolute atomic E-state index is 5.64. The zero-order chi connectivity index (χ0) is 14.1. The van der Waals surface area contributed by atoms with Crippen LogP contribution in [-0.2, 0) is 24.9 Å². The molecule has 108 valence electrons. The Kier molecular flexibility index (Phi) is 3.54. The van der Waals surface area contributed by atoms with Crippen LogP contribution in [0.3, 0.4) is 0 Å². The zero-order valence-electron chi connectivity index (χ0n) is 12.1. The largest absolute Gasteiger partial charge is 0.371 e. The average molecular weight is 276 g/mol. The van der Waals surface area contributed by atoms with Gasteiger partial charge in [0.15, 0.2) is 11.6 Å². The molecule has 2 aromatic rings. The molecule has 1 atom stereocenters. The molecule has 1 aliphatic heterocycles. The van der Waals surface area contributed by atoms with Gasteiger partial charge in [0.25, 0.3) is 0 Å². The van der Waals surface area contributed by atoms with Gasteiger partial charge in [0.05, 0.1) is 18.3 Å². The van der Waals surface area contributed by atoms with Crippen molar-refractivity contribution >= 4 is 0 Å². The molecule has 0 radical (unpaired) electrons. The molecule has 0 amide bonds. The smallest absolute Gasteiger partial charge is 0.159 e. The number of nitrogens with zero attached hydrogens (tertiary/aromatic N) is 5. The topological polar surface area (TPSA) is 69.8 Å². The average Bonchev–Trinajstić information content (AvgIpc) is 3.02. The summed E-state index contributed by atoms with van der Waals surface area (Å²) in [5.74, 6) is 1.83. The second kappa shape index (κ2) is 5.34. The summed E-state index contributed by atoms with van der Waals surface area (Å²) in [7, 11) is 1.92. The maximum Gasteiger partial charge on any atom is 0.159 e. The van der Waals surface area contributed by atoms with E-state index in [4.69, 9.17) is 4.74 Å². The molecule has 1 N–H and O–H groups in total. The first kappa shape index (κ1) is 13.3. The SMILES string of the molecule is CC(C)OCc1nnc2n1CCNC2c1cnn(C)c1. The molecule has 0 saturated carbocycles. The first-order valence-corrected chi connectivity index (χ1v) is 6.90. The third-order valence-corrected chi connectivity index (χ3v) is 3.40. The lowest BCUT2D eigenvalue weighted by Gasteiger charge is -2.24. The number of hydrogen-bond donors (Lipinski definition) is 1. The summed E-state index contributed by atoms with van der Waals surface area (Å²) in [6.45, 7) is 6.31. The minimum Gasteiger partial charge on any atom is -0.371 e. The Bertz CT molecular complexity index is 587.